The third-order valence-electron chi connectivity index (χ3n) is 5.71. The highest BCUT2D eigenvalue weighted by Crippen LogP contribution is 2.22. The van der Waals surface area contributed by atoms with Crippen molar-refractivity contribution in [3.63, 3.8) is 0 Å². The second-order valence-corrected chi connectivity index (χ2v) is 9.41. The molecule has 0 bridgehead atoms. The number of rotatable bonds is 7. The first-order chi connectivity index (χ1) is 15.8. The van der Waals surface area contributed by atoms with Crippen LogP contribution in [-0.2, 0) is 22.4 Å². The molecule has 0 atom stereocenters. The fraction of sp³-hybridized carbons (Fsp3) is 0.417. The number of ether oxygens (including phenoxy) is 1. The Morgan fingerprint density at radius 1 is 1.27 bits per heavy atom. The SMILES string of the molecule is CC(=Cc1c(N2CCOCC2)nc2cc(CCc3nc(C(C)C)cs3)ccn2c1=O)C(=O)O. The first-order valence-electron chi connectivity index (χ1n) is 11.1. The summed E-state index contributed by atoms with van der Waals surface area (Å²) in [4.78, 5) is 36.2. The van der Waals surface area contributed by atoms with Crippen molar-refractivity contribution in [1.82, 2.24) is 14.4 Å². The molecular weight excluding hydrogens is 440 g/mol. The topological polar surface area (TPSA) is 97.0 Å². The van der Waals surface area contributed by atoms with Crippen LogP contribution < -0.4 is 10.5 Å². The van der Waals surface area contributed by atoms with E-state index in [1.165, 1.54) is 17.4 Å². The van der Waals surface area contributed by atoms with E-state index in [1.54, 1.807) is 17.5 Å². The average molecular weight is 469 g/mol. The summed E-state index contributed by atoms with van der Waals surface area (Å²) in [5, 5.41) is 12.5. The maximum atomic E-state index is 13.3. The molecule has 33 heavy (non-hydrogen) atoms. The van der Waals surface area contributed by atoms with E-state index in [2.05, 4.69) is 19.2 Å². The fourth-order valence-electron chi connectivity index (χ4n) is 3.71. The van der Waals surface area contributed by atoms with E-state index in [4.69, 9.17) is 14.7 Å². The van der Waals surface area contributed by atoms with Gasteiger partial charge < -0.3 is 14.7 Å². The van der Waals surface area contributed by atoms with Crippen molar-refractivity contribution in [2.75, 3.05) is 31.2 Å². The van der Waals surface area contributed by atoms with Crippen molar-refractivity contribution in [2.24, 2.45) is 0 Å². The molecule has 174 valence electrons. The number of aryl methyl sites for hydroxylation is 2. The molecule has 4 heterocycles. The zero-order valence-corrected chi connectivity index (χ0v) is 19.9. The third-order valence-corrected chi connectivity index (χ3v) is 6.63. The monoisotopic (exact) mass is 468 g/mol. The van der Waals surface area contributed by atoms with Crippen molar-refractivity contribution in [3.05, 3.63) is 61.5 Å². The Bertz CT molecular complexity index is 1260. The molecule has 1 N–H and O–H groups in total. The van der Waals surface area contributed by atoms with Gasteiger partial charge in [0.1, 0.15) is 11.5 Å². The van der Waals surface area contributed by atoms with Gasteiger partial charge in [-0.25, -0.2) is 14.8 Å². The van der Waals surface area contributed by atoms with E-state index in [0.29, 0.717) is 43.7 Å². The van der Waals surface area contributed by atoms with Crippen LogP contribution in [0.3, 0.4) is 0 Å². The number of morpholine rings is 1. The number of thiazole rings is 1. The molecule has 0 amide bonds. The van der Waals surface area contributed by atoms with E-state index < -0.39 is 5.97 Å². The second-order valence-electron chi connectivity index (χ2n) is 8.47. The fourth-order valence-corrected chi connectivity index (χ4v) is 4.67. The minimum atomic E-state index is -1.06. The van der Waals surface area contributed by atoms with E-state index in [1.807, 2.05) is 17.0 Å². The highest BCUT2D eigenvalue weighted by Gasteiger charge is 2.20. The number of nitrogens with zero attached hydrogens (tertiary/aromatic N) is 4. The van der Waals surface area contributed by atoms with Gasteiger partial charge in [0.25, 0.3) is 5.56 Å². The van der Waals surface area contributed by atoms with E-state index >= 15 is 0 Å². The zero-order chi connectivity index (χ0) is 23.5. The van der Waals surface area contributed by atoms with Gasteiger partial charge in [-0.1, -0.05) is 13.8 Å². The summed E-state index contributed by atoms with van der Waals surface area (Å²) >= 11 is 1.68. The Morgan fingerprint density at radius 2 is 2.03 bits per heavy atom. The quantitative estimate of drug-likeness (QED) is 0.531. The molecule has 0 spiro atoms. The Morgan fingerprint density at radius 3 is 2.70 bits per heavy atom. The Kier molecular flexibility index (Phi) is 6.90. The lowest BCUT2D eigenvalue weighted by atomic mass is 10.1. The molecular formula is C24H28N4O4S. The molecule has 8 nitrogen and oxygen atoms in total. The van der Waals surface area contributed by atoms with Gasteiger partial charge in [-0.3, -0.25) is 9.20 Å². The molecule has 0 aromatic carbocycles. The maximum absolute atomic E-state index is 13.3. The van der Waals surface area contributed by atoms with Gasteiger partial charge >= 0.3 is 5.97 Å². The van der Waals surface area contributed by atoms with E-state index in [0.717, 1.165) is 29.1 Å². The van der Waals surface area contributed by atoms with Crippen LogP contribution in [-0.4, -0.2) is 51.7 Å². The summed E-state index contributed by atoms with van der Waals surface area (Å²) in [6.45, 7) is 8.02. The Labute approximate surface area is 196 Å². The number of carbonyl (C=O) groups is 1. The predicted molar refractivity (Wildman–Crippen MR) is 129 cm³/mol. The van der Waals surface area contributed by atoms with Crippen molar-refractivity contribution in [2.45, 2.75) is 39.5 Å². The van der Waals surface area contributed by atoms with E-state index in [9.17, 15) is 14.7 Å². The van der Waals surface area contributed by atoms with Crippen molar-refractivity contribution < 1.29 is 14.6 Å². The van der Waals surface area contributed by atoms with Crippen molar-refractivity contribution >= 4 is 34.8 Å². The van der Waals surface area contributed by atoms with Gasteiger partial charge in [0.05, 0.1) is 29.5 Å². The van der Waals surface area contributed by atoms with Crippen LogP contribution in [0.4, 0.5) is 5.82 Å². The lowest BCUT2D eigenvalue weighted by Crippen LogP contribution is -2.38. The van der Waals surface area contributed by atoms with Gasteiger partial charge in [-0.05, 0) is 43.0 Å². The number of hydrogen-bond acceptors (Lipinski definition) is 7. The molecule has 0 radical (unpaired) electrons. The van der Waals surface area contributed by atoms with E-state index in [-0.39, 0.29) is 16.7 Å². The normalized spacial score (nSPS) is 14.9. The highest BCUT2D eigenvalue weighted by molar-refractivity contribution is 7.09. The summed E-state index contributed by atoms with van der Waals surface area (Å²) in [5.41, 5.74) is 2.83. The number of fused-ring (bicyclic) bond motifs is 1. The summed E-state index contributed by atoms with van der Waals surface area (Å²) in [6, 6.07) is 3.85. The molecule has 9 heteroatoms. The summed E-state index contributed by atoms with van der Waals surface area (Å²) < 4.78 is 6.92. The molecule has 0 aliphatic carbocycles. The number of aromatic nitrogens is 3. The van der Waals surface area contributed by atoms with Crippen LogP contribution in [0.5, 0.6) is 0 Å². The maximum Gasteiger partial charge on any atom is 0.331 e. The minimum absolute atomic E-state index is 0.0872. The number of anilines is 1. The molecule has 3 aromatic rings. The summed E-state index contributed by atoms with van der Waals surface area (Å²) in [7, 11) is 0. The lowest BCUT2D eigenvalue weighted by molar-refractivity contribution is -0.132. The van der Waals surface area contributed by atoms with Crippen LogP contribution in [0.1, 0.15) is 48.5 Å². The second kappa shape index (κ2) is 9.84. The molecule has 1 aliphatic heterocycles. The molecule has 1 saturated heterocycles. The first kappa shape index (κ1) is 23.1. The van der Waals surface area contributed by atoms with Crippen molar-refractivity contribution in [3.8, 4) is 0 Å². The summed E-state index contributed by atoms with van der Waals surface area (Å²) in [5.74, 6) is -0.147. The largest absolute Gasteiger partial charge is 0.478 e. The summed E-state index contributed by atoms with van der Waals surface area (Å²) in [6.07, 6.45) is 4.76. The van der Waals surface area contributed by atoms with Crippen LogP contribution in [0.25, 0.3) is 11.7 Å². The van der Waals surface area contributed by atoms with Gasteiger partial charge in [0, 0.05) is 36.7 Å². The predicted octanol–water partition coefficient (Wildman–Crippen LogP) is 3.38. The molecule has 0 saturated carbocycles. The molecule has 4 rings (SSSR count). The molecule has 3 aromatic heterocycles. The first-order valence-corrected chi connectivity index (χ1v) is 12.0. The minimum Gasteiger partial charge on any atom is -0.478 e. The number of pyridine rings is 1. The van der Waals surface area contributed by atoms with Crippen molar-refractivity contribution in [1.29, 1.82) is 0 Å². The smallest absolute Gasteiger partial charge is 0.331 e. The highest BCUT2D eigenvalue weighted by atomic mass is 32.1. The Balaban J connectivity index is 1.70. The van der Waals surface area contributed by atoms with Crippen LogP contribution in [0.15, 0.2) is 34.1 Å². The zero-order valence-electron chi connectivity index (χ0n) is 19.1. The molecule has 1 aliphatic rings. The van der Waals surface area contributed by atoms with Gasteiger partial charge in [-0.15, -0.1) is 11.3 Å². The van der Waals surface area contributed by atoms with Crippen LogP contribution in [0, 0.1) is 0 Å². The van der Waals surface area contributed by atoms with Gasteiger partial charge in [0.2, 0.25) is 0 Å². The molecule has 0 unspecified atom stereocenters. The number of aliphatic carboxylic acids is 1. The third kappa shape index (κ3) is 5.15. The molecule has 1 fully saturated rings. The van der Waals surface area contributed by atoms with Gasteiger partial charge in [0.15, 0.2) is 0 Å². The number of hydrogen-bond donors (Lipinski definition) is 1. The number of carboxylic acid groups (broad SMARTS) is 1. The Hall–Kier alpha value is -3.04. The van der Waals surface area contributed by atoms with Crippen LogP contribution in [0.2, 0.25) is 0 Å². The van der Waals surface area contributed by atoms with Crippen LogP contribution >= 0.6 is 11.3 Å². The van der Waals surface area contributed by atoms with Gasteiger partial charge in [-0.2, -0.15) is 0 Å². The number of carboxylic acids is 1. The standard InChI is InChI=1S/C24H28N4O4S/c1-15(2)19-14-33-21(25-19)5-4-17-6-7-28-20(13-17)26-22(27-8-10-32-11-9-27)18(23(28)29)12-16(3)24(30)31/h6-7,12-15H,4-5,8-11H2,1-3H3,(H,30,31). The average Bonchev–Trinajstić information content (AvgIpc) is 3.29. The lowest BCUT2D eigenvalue weighted by Gasteiger charge is -2.29.